The number of hydrogen-bond acceptors (Lipinski definition) is 4. The van der Waals surface area contributed by atoms with E-state index < -0.39 is 0 Å². The van der Waals surface area contributed by atoms with Crippen LogP contribution in [0.1, 0.15) is 24.3 Å². The lowest BCUT2D eigenvalue weighted by atomic mass is 10.2. The highest BCUT2D eigenvalue weighted by molar-refractivity contribution is 5.77. The van der Waals surface area contributed by atoms with Gasteiger partial charge in [-0.05, 0) is 18.8 Å². The van der Waals surface area contributed by atoms with Crippen LogP contribution in [0.4, 0.5) is 5.95 Å². The molecule has 2 aromatic heterocycles. The Kier molecular flexibility index (Phi) is 1.17. The van der Waals surface area contributed by atoms with E-state index >= 15 is 0 Å². The SMILES string of the molecule is Nc1ncc2occ(C3CC3)c2n1. The zero-order chi connectivity index (χ0) is 8.84. The molecule has 1 aliphatic carbocycles. The van der Waals surface area contributed by atoms with Gasteiger partial charge in [0.15, 0.2) is 5.58 Å². The third kappa shape index (κ3) is 0.983. The number of rotatable bonds is 1. The molecule has 1 aliphatic rings. The minimum Gasteiger partial charge on any atom is -0.461 e. The third-order valence-electron chi connectivity index (χ3n) is 2.38. The Balaban J connectivity index is 2.29. The van der Waals surface area contributed by atoms with Crippen molar-refractivity contribution in [3.05, 3.63) is 18.0 Å². The summed E-state index contributed by atoms with van der Waals surface area (Å²) in [4.78, 5) is 8.04. The normalized spacial score (nSPS) is 16.6. The molecule has 0 atom stereocenters. The van der Waals surface area contributed by atoms with E-state index in [1.165, 1.54) is 18.4 Å². The van der Waals surface area contributed by atoms with Crippen molar-refractivity contribution in [2.75, 3.05) is 5.73 Å². The summed E-state index contributed by atoms with van der Waals surface area (Å²) in [5, 5.41) is 0. The van der Waals surface area contributed by atoms with E-state index in [9.17, 15) is 0 Å². The molecular formula is C9H9N3O. The molecule has 4 heteroatoms. The Bertz CT molecular complexity index is 459. The van der Waals surface area contributed by atoms with Gasteiger partial charge >= 0.3 is 0 Å². The fourth-order valence-electron chi connectivity index (χ4n) is 1.54. The summed E-state index contributed by atoms with van der Waals surface area (Å²) in [6.45, 7) is 0. The first-order chi connectivity index (χ1) is 6.34. The molecule has 2 heterocycles. The molecule has 13 heavy (non-hydrogen) atoms. The monoisotopic (exact) mass is 175 g/mol. The van der Waals surface area contributed by atoms with Gasteiger partial charge in [-0.1, -0.05) is 0 Å². The average molecular weight is 175 g/mol. The summed E-state index contributed by atoms with van der Waals surface area (Å²) in [5.74, 6) is 0.950. The van der Waals surface area contributed by atoms with E-state index in [1.54, 1.807) is 12.5 Å². The van der Waals surface area contributed by atoms with Crippen LogP contribution in [0.25, 0.3) is 11.1 Å². The zero-order valence-electron chi connectivity index (χ0n) is 7.03. The van der Waals surface area contributed by atoms with Gasteiger partial charge in [0, 0.05) is 5.56 Å². The van der Waals surface area contributed by atoms with Gasteiger partial charge in [0.05, 0.1) is 12.5 Å². The first-order valence-electron chi connectivity index (χ1n) is 4.34. The number of aromatic nitrogens is 2. The third-order valence-corrected chi connectivity index (χ3v) is 2.38. The summed E-state index contributed by atoms with van der Waals surface area (Å²) in [7, 11) is 0. The maximum Gasteiger partial charge on any atom is 0.220 e. The van der Waals surface area contributed by atoms with E-state index in [0.717, 1.165) is 11.1 Å². The van der Waals surface area contributed by atoms with Crippen LogP contribution in [-0.2, 0) is 0 Å². The second-order valence-corrected chi connectivity index (χ2v) is 3.41. The van der Waals surface area contributed by atoms with Crippen LogP contribution < -0.4 is 5.73 Å². The number of nitrogens with zero attached hydrogens (tertiary/aromatic N) is 2. The second kappa shape index (κ2) is 2.22. The molecule has 0 spiro atoms. The molecule has 1 saturated carbocycles. The van der Waals surface area contributed by atoms with Crippen LogP contribution in [0.3, 0.4) is 0 Å². The predicted molar refractivity (Wildman–Crippen MR) is 48.2 cm³/mol. The van der Waals surface area contributed by atoms with Crippen molar-refractivity contribution >= 4 is 17.0 Å². The van der Waals surface area contributed by atoms with Crippen LogP contribution in [0.15, 0.2) is 16.9 Å². The number of nitrogens with two attached hydrogens (primary N) is 1. The quantitative estimate of drug-likeness (QED) is 0.716. The second-order valence-electron chi connectivity index (χ2n) is 3.41. The lowest BCUT2D eigenvalue weighted by molar-refractivity contribution is 0.609. The zero-order valence-corrected chi connectivity index (χ0v) is 7.03. The van der Waals surface area contributed by atoms with Crippen molar-refractivity contribution in [3.63, 3.8) is 0 Å². The van der Waals surface area contributed by atoms with Gasteiger partial charge in [-0.3, -0.25) is 0 Å². The van der Waals surface area contributed by atoms with E-state index in [-0.39, 0.29) is 0 Å². The summed E-state index contributed by atoms with van der Waals surface area (Å²) >= 11 is 0. The number of fused-ring (bicyclic) bond motifs is 1. The molecule has 0 aliphatic heterocycles. The Labute approximate surface area is 74.8 Å². The number of hydrogen-bond donors (Lipinski definition) is 1. The fourth-order valence-corrected chi connectivity index (χ4v) is 1.54. The molecule has 2 aromatic rings. The summed E-state index contributed by atoms with van der Waals surface area (Å²) in [6, 6.07) is 0. The van der Waals surface area contributed by atoms with Crippen molar-refractivity contribution in [2.45, 2.75) is 18.8 Å². The molecule has 0 aromatic carbocycles. The van der Waals surface area contributed by atoms with Gasteiger partial charge in [0.1, 0.15) is 5.52 Å². The van der Waals surface area contributed by atoms with E-state index in [4.69, 9.17) is 10.2 Å². The predicted octanol–water partition coefficient (Wildman–Crippen LogP) is 1.68. The van der Waals surface area contributed by atoms with Crippen LogP contribution in [0.5, 0.6) is 0 Å². The molecule has 4 nitrogen and oxygen atoms in total. The first-order valence-corrected chi connectivity index (χ1v) is 4.34. The number of anilines is 1. The highest BCUT2D eigenvalue weighted by atomic mass is 16.3. The van der Waals surface area contributed by atoms with Gasteiger partial charge in [-0.2, -0.15) is 0 Å². The molecule has 0 bridgehead atoms. The van der Waals surface area contributed by atoms with Crippen molar-refractivity contribution in [1.82, 2.24) is 9.97 Å². The molecule has 0 amide bonds. The summed E-state index contributed by atoms with van der Waals surface area (Å²) in [6.07, 6.45) is 5.87. The molecule has 66 valence electrons. The van der Waals surface area contributed by atoms with Gasteiger partial charge in [0.25, 0.3) is 0 Å². The molecule has 0 unspecified atom stereocenters. The smallest absolute Gasteiger partial charge is 0.220 e. The Morgan fingerprint density at radius 3 is 3.08 bits per heavy atom. The fraction of sp³-hybridized carbons (Fsp3) is 0.333. The van der Waals surface area contributed by atoms with Crippen LogP contribution in [0.2, 0.25) is 0 Å². The molecule has 2 N–H and O–H groups in total. The van der Waals surface area contributed by atoms with E-state index in [0.29, 0.717) is 11.9 Å². The van der Waals surface area contributed by atoms with Crippen molar-refractivity contribution < 1.29 is 4.42 Å². The topological polar surface area (TPSA) is 64.9 Å². The first kappa shape index (κ1) is 6.88. The summed E-state index contributed by atoms with van der Waals surface area (Å²) in [5.41, 5.74) is 8.31. The maximum atomic E-state index is 5.51. The molecule has 3 rings (SSSR count). The Morgan fingerprint density at radius 2 is 2.31 bits per heavy atom. The largest absolute Gasteiger partial charge is 0.461 e. The van der Waals surface area contributed by atoms with Crippen molar-refractivity contribution in [3.8, 4) is 0 Å². The highest BCUT2D eigenvalue weighted by Crippen LogP contribution is 2.43. The summed E-state index contributed by atoms with van der Waals surface area (Å²) < 4.78 is 5.32. The van der Waals surface area contributed by atoms with Gasteiger partial charge in [0.2, 0.25) is 5.95 Å². The van der Waals surface area contributed by atoms with Crippen LogP contribution >= 0.6 is 0 Å². The minimum absolute atomic E-state index is 0.316. The lowest BCUT2D eigenvalue weighted by Crippen LogP contribution is -1.93. The molecule has 0 saturated heterocycles. The van der Waals surface area contributed by atoms with E-state index in [1.807, 2.05) is 0 Å². The molecular weight excluding hydrogens is 166 g/mol. The molecule has 0 radical (unpaired) electrons. The number of nitrogen functional groups attached to an aromatic ring is 1. The average Bonchev–Trinajstić information content (AvgIpc) is 2.87. The number of furan rings is 1. The van der Waals surface area contributed by atoms with E-state index in [2.05, 4.69) is 9.97 Å². The lowest BCUT2D eigenvalue weighted by Gasteiger charge is -1.92. The van der Waals surface area contributed by atoms with Crippen LogP contribution in [0, 0.1) is 0 Å². The Hall–Kier alpha value is -1.58. The molecule has 1 fully saturated rings. The van der Waals surface area contributed by atoms with Gasteiger partial charge in [-0.15, -0.1) is 0 Å². The Morgan fingerprint density at radius 1 is 1.46 bits per heavy atom. The van der Waals surface area contributed by atoms with Gasteiger partial charge in [-0.25, -0.2) is 9.97 Å². The van der Waals surface area contributed by atoms with Crippen molar-refractivity contribution in [1.29, 1.82) is 0 Å². The highest BCUT2D eigenvalue weighted by Gasteiger charge is 2.27. The van der Waals surface area contributed by atoms with Crippen molar-refractivity contribution in [2.24, 2.45) is 0 Å². The van der Waals surface area contributed by atoms with Crippen LogP contribution in [-0.4, -0.2) is 9.97 Å². The minimum atomic E-state index is 0.316. The standard InChI is InChI=1S/C9H9N3O/c10-9-11-3-7-8(12-9)6(4-13-7)5-1-2-5/h3-5H,1-2H2,(H2,10,11,12). The van der Waals surface area contributed by atoms with Gasteiger partial charge < -0.3 is 10.2 Å². The maximum absolute atomic E-state index is 5.51.